The molecule has 0 aliphatic carbocycles. The van der Waals surface area contributed by atoms with Gasteiger partial charge in [-0.2, -0.15) is 18.3 Å². The molecule has 1 atom stereocenters. The van der Waals surface area contributed by atoms with Gasteiger partial charge in [0.05, 0.1) is 12.8 Å². The number of carbonyl (C=O) groups excluding carboxylic acids is 1. The van der Waals surface area contributed by atoms with Crippen LogP contribution in [0.2, 0.25) is 0 Å². The lowest BCUT2D eigenvalue weighted by atomic mass is 10.1. The summed E-state index contributed by atoms with van der Waals surface area (Å²) in [6.07, 6.45) is -4.25. The Morgan fingerprint density at radius 2 is 1.83 bits per heavy atom. The lowest BCUT2D eigenvalue weighted by molar-refractivity contribution is -0.181. The molecule has 0 unspecified atom stereocenters. The zero-order valence-corrected chi connectivity index (χ0v) is 13.6. The number of amides is 1. The summed E-state index contributed by atoms with van der Waals surface area (Å²) in [5.74, 6) is 0.102. The van der Waals surface area contributed by atoms with Crippen molar-refractivity contribution in [3.63, 3.8) is 0 Å². The molecule has 0 bridgehead atoms. The summed E-state index contributed by atoms with van der Waals surface area (Å²) in [5, 5.41) is 4.16. The van der Waals surface area contributed by atoms with Crippen LogP contribution in [0.5, 0.6) is 5.88 Å². The zero-order valence-electron chi connectivity index (χ0n) is 13.6. The highest BCUT2D eigenvalue weighted by molar-refractivity contribution is 5.97. The molecule has 23 heavy (non-hydrogen) atoms. The van der Waals surface area contributed by atoms with Crippen molar-refractivity contribution in [2.24, 2.45) is 7.05 Å². The third kappa shape index (κ3) is 3.44. The number of methoxy groups -OCH3 is 1. The number of hydrogen-bond acceptors (Lipinski definition) is 4. The molecule has 1 aliphatic rings. The van der Waals surface area contributed by atoms with E-state index in [1.807, 2.05) is 0 Å². The number of alkyl halides is 3. The number of aryl methyl sites for hydroxylation is 2. The first-order valence-corrected chi connectivity index (χ1v) is 7.34. The van der Waals surface area contributed by atoms with Gasteiger partial charge >= 0.3 is 6.18 Å². The number of hydrogen-bond donors (Lipinski definition) is 0. The number of carbonyl (C=O) groups is 1. The van der Waals surface area contributed by atoms with E-state index in [-0.39, 0.29) is 32.1 Å². The maximum atomic E-state index is 12.8. The standard InChI is InChI=1S/C14H21F3N4O2/c1-9-11(13(23-4)19(3)18-9)12(22)21-7-5-20(6-8-21)10(2)14(15,16)17/h10H,5-8H2,1-4H3/t10-/m1/s1. The molecule has 1 aromatic heterocycles. The van der Waals surface area contributed by atoms with Crippen LogP contribution in [0.3, 0.4) is 0 Å². The summed E-state index contributed by atoms with van der Waals surface area (Å²) in [5.41, 5.74) is 0.910. The lowest BCUT2D eigenvalue weighted by Crippen LogP contribution is -2.54. The Morgan fingerprint density at radius 3 is 2.30 bits per heavy atom. The van der Waals surface area contributed by atoms with Crippen LogP contribution in [-0.4, -0.2) is 71.0 Å². The van der Waals surface area contributed by atoms with E-state index in [2.05, 4.69) is 5.10 Å². The highest BCUT2D eigenvalue weighted by Crippen LogP contribution is 2.27. The van der Waals surface area contributed by atoms with E-state index >= 15 is 0 Å². The van der Waals surface area contributed by atoms with E-state index in [0.29, 0.717) is 17.1 Å². The molecule has 130 valence electrons. The summed E-state index contributed by atoms with van der Waals surface area (Å²) in [6.45, 7) is 3.72. The van der Waals surface area contributed by atoms with Gasteiger partial charge in [0.15, 0.2) is 0 Å². The van der Waals surface area contributed by atoms with Gasteiger partial charge < -0.3 is 9.64 Å². The molecule has 0 spiro atoms. The largest absolute Gasteiger partial charge is 0.481 e. The summed E-state index contributed by atoms with van der Waals surface area (Å²) in [4.78, 5) is 15.5. The van der Waals surface area contributed by atoms with Gasteiger partial charge in [0.2, 0.25) is 5.88 Å². The fraction of sp³-hybridized carbons (Fsp3) is 0.714. The van der Waals surface area contributed by atoms with Crippen LogP contribution >= 0.6 is 0 Å². The average Bonchev–Trinajstić information content (AvgIpc) is 2.78. The molecule has 0 saturated carbocycles. The summed E-state index contributed by atoms with van der Waals surface area (Å²) < 4.78 is 45.0. The minimum atomic E-state index is -4.25. The maximum Gasteiger partial charge on any atom is 0.403 e. The Hall–Kier alpha value is -1.77. The van der Waals surface area contributed by atoms with E-state index in [0.717, 1.165) is 6.92 Å². The van der Waals surface area contributed by atoms with Gasteiger partial charge in [-0.05, 0) is 13.8 Å². The van der Waals surface area contributed by atoms with Crippen molar-refractivity contribution in [2.45, 2.75) is 26.1 Å². The fourth-order valence-electron chi connectivity index (χ4n) is 2.79. The van der Waals surface area contributed by atoms with Crippen molar-refractivity contribution in [2.75, 3.05) is 33.3 Å². The van der Waals surface area contributed by atoms with E-state index in [4.69, 9.17) is 4.74 Å². The molecule has 1 aromatic rings. The number of aromatic nitrogens is 2. The van der Waals surface area contributed by atoms with Crippen LogP contribution in [0.4, 0.5) is 13.2 Å². The molecule has 2 heterocycles. The van der Waals surface area contributed by atoms with Gasteiger partial charge in [-0.1, -0.05) is 0 Å². The molecule has 0 radical (unpaired) electrons. The van der Waals surface area contributed by atoms with E-state index < -0.39 is 12.2 Å². The van der Waals surface area contributed by atoms with Crippen molar-refractivity contribution >= 4 is 5.91 Å². The summed E-state index contributed by atoms with van der Waals surface area (Å²) in [7, 11) is 3.13. The van der Waals surface area contributed by atoms with Crippen molar-refractivity contribution in [3.05, 3.63) is 11.3 Å². The number of piperazine rings is 1. The van der Waals surface area contributed by atoms with Crippen molar-refractivity contribution in [1.82, 2.24) is 19.6 Å². The van der Waals surface area contributed by atoms with Crippen LogP contribution in [0.1, 0.15) is 23.0 Å². The molecule has 1 fully saturated rings. The van der Waals surface area contributed by atoms with E-state index in [1.54, 1.807) is 18.9 Å². The van der Waals surface area contributed by atoms with Crippen molar-refractivity contribution in [1.29, 1.82) is 0 Å². The topological polar surface area (TPSA) is 50.6 Å². The van der Waals surface area contributed by atoms with E-state index in [1.165, 1.54) is 16.7 Å². The van der Waals surface area contributed by atoms with Crippen LogP contribution < -0.4 is 4.74 Å². The smallest absolute Gasteiger partial charge is 0.403 e. The highest BCUT2D eigenvalue weighted by Gasteiger charge is 2.41. The molecule has 0 aromatic carbocycles. The minimum absolute atomic E-state index is 0.189. The van der Waals surface area contributed by atoms with Crippen molar-refractivity contribution in [3.8, 4) is 5.88 Å². The first-order chi connectivity index (χ1) is 10.7. The number of rotatable bonds is 3. The highest BCUT2D eigenvalue weighted by atomic mass is 19.4. The number of halogens is 3. The molecule has 1 aliphatic heterocycles. The molecule has 2 rings (SSSR count). The number of ether oxygens (including phenoxy) is 1. The van der Waals surface area contributed by atoms with Gasteiger partial charge in [0.1, 0.15) is 11.6 Å². The Balaban J connectivity index is 2.08. The molecule has 0 N–H and O–H groups in total. The third-order valence-corrected chi connectivity index (χ3v) is 4.20. The predicted octanol–water partition coefficient (Wildman–Crippen LogP) is 1.45. The maximum absolute atomic E-state index is 12.8. The predicted molar refractivity (Wildman–Crippen MR) is 77.5 cm³/mol. The minimum Gasteiger partial charge on any atom is -0.481 e. The van der Waals surface area contributed by atoms with E-state index in [9.17, 15) is 18.0 Å². The Labute approximate surface area is 132 Å². The first kappa shape index (κ1) is 17.6. The zero-order chi connectivity index (χ0) is 17.4. The van der Waals surface area contributed by atoms with Gasteiger partial charge in [-0.25, -0.2) is 4.68 Å². The average molecular weight is 334 g/mol. The quantitative estimate of drug-likeness (QED) is 0.839. The fourth-order valence-corrected chi connectivity index (χ4v) is 2.79. The van der Waals surface area contributed by atoms with Gasteiger partial charge in [0.25, 0.3) is 5.91 Å². The number of nitrogens with zero attached hydrogens (tertiary/aromatic N) is 4. The molecule has 9 heteroatoms. The summed E-state index contributed by atoms with van der Waals surface area (Å²) in [6, 6.07) is -1.51. The van der Waals surface area contributed by atoms with Gasteiger partial charge in [0, 0.05) is 33.2 Å². The van der Waals surface area contributed by atoms with Crippen molar-refractivity contribution < 1.29 is 22.7 Å². The third-order valence-electron chi connectivity index (χ3n) is 4.20. The second-order valence-electron chi connectivity index (χ2n) is 5.64. The molecule has 1 amide bonds. The second-order valence-corrected chi connectivity index (χ2v) is 5.64. The van der Waals surface area contributed by atoms with Crippen LogP contribution in [0, 0.1) is 6.92 Å². The lowest BCUT2D eigenvalue weighted by Gasteiger charge is -2.38. The normalized spacial score (nSPS) is 18.1. The Bertz CT molecular complexity index is 577. The van der Waals surface area contributed by atoms with Crippen LogP contribution in [0.25, 0.3) is 0 Å². The summed E-state index contributed by atoms with van der Waals surface area (Å²) >= 11 is 0. The second kappa shape index (κ2) is 6.38. The molecule has 1 saturated heterocycles. The molecule has 6 nitrogen and oxygen atoms in total. The Morgan fingerprint density at radius 1 is 1.26 bits per heavy atom. The molecular formula is C14H21F3N4O2. The monoisotopic (exact) mass is 334 g/mol. The molecular weight excluding hydrogens is 313 g/mol. The SMILES string of the molecule is COc1c(C(=O)N2CCN([C@H](C)C(F)(F)F)CC2)c(C)nn1C. The first-order valence-electron chi connectivity index (χ1n) is 7.34. The Kier molecular flexibility index (Phi) is 4.88. The van der Waals surface area contributed by atoms with Crippen LogP contribution in [-0.2, 0) is 7.05 Å². The van der Waals surface area contributed by atoms with Gasteiger partial charge in [-0.3, -0.25) is 9.69 Å². The van der Waals surface area contributed by atoms with Crippen LogP contribution in [0.15, 0.2) is 0 Å². The van der Waals surface area contributed by atoms with Gasteiger partial charge in [-0.15, -0.1) is 0 Å².